The number of halogens is 3. The number of rotatable bonds is 3. The van der Waals surface area contributed by atoms with E-state index in [0.717, 1.165) is 23.3 Å². The number of carbonyl (C=O) groups is 1. The van der Waals surface area contributed by atoms with Crippen LogP contribution in [0.3, 0.4) is 0 Å². The number of hydrogen-bond acceptors (Lipinski definition) is 1. The Labute approximate surface area is 127 Å². The van der Waals surface area contributed by atoms with E-state index in [1.54, 1.807) is 19.1 Å². The number of nitrogens with zero attached hydrogens (tertiary/aromatic N) is 1. The van der Waals surface area contributed by atoms with E-state index in [4.69, 9.17) is 0 Å². The van der Waals surface area contributed by atoms with Crippen LogP contribution in [0.2, 0.25) is 0 Å². The third-order valence-electron chi connectivity index (χ3n) is 3.39. The molecule has 0 aliphatic heterocycles. The fourth-order valence-electron chi connectivity index (χ4n) is 2.39. The molecule has 2 nitrogen and oxygen atoms in total. The highest BCUT2D eigenvalue weighted by atomic mass is 19.4. The Bertz CT molecular complexity index is 687. The molecule has 1 amide bonds. The maximum atomic E-state index is 12.9. The number of alkyl halides is 3. The molecule has 2 aromatic rings. The molecule has 0 fully saturated rings. The summed E-state index contributed by atoms with van der Waals surface area (Å²) in [6.45, 7) is 5.42. The first-order valence-electron chi connectivity index (χ1n) is 6.73. The minimum absolute atomic E-state index is 0.231. The first-order valence-corrected chi connectivity index (χ1v) is 6.73. The van der Waals surface area contributed by atoms with Gasteiger partial charge in [0.25, 0.3) is 0 Å². The van der Waals surface area contributed by atoms with Crippen LogP contribution in [0.25, 0.3) is 0 Å². The summed E-state index contributed by atoms with van der Waals surface area (Å²) in [4.78, 5) is 12.7. The Morgan fingerprint density at radius 1 is 0.955 bits per heavy atom. The van der Waals surface area contributed by atoms with E-state index in [1.807, 2.05) is 19.9 Å². The van der Waals surface area contributed by atoms with Crippen LogP contribution >= 0.6 is 0 Å². The van der Waals surface area contributed by atoms with E-state index in [0.29, 0.717) is 17.7 Å². The summed E-state index contributed by atoms with van der Waals surface area (Å²) < 4.78 is 38.7. The van der Waals surface area contributed by atoms with Crippen molar-refractivity contribution in [1.82, 2.24) is 0 Å². The van der Waals surface area contributed by atoms with Gasteiger partial charge in [0.05, 0.1) is 11.3 Å². The van der Waals surface area contributed by atoms with Crippen molar-refractivity contribution in [3.8, 4) is 0 Å². The summed E-state index contributed by atoms with van der Waals surface area (Å²) in [5.74, 6) is 0. The van der Waals surface area contributed by atoms with Crippen molar-refractivity contribution >= 4 is 17.8 Å². The lowest BCUT2D eigenvalue weighted by molar-refractivity contribution is -0.137. The Morgan fingerprint density at radius 3 is 2.05 bits per heavy atom. The van der Waals surface area contributed by atoms with Crippen molar-refractivity contribution in [3.05, 3.63) is 58.7 Å². The lowest BCUT2D eigenvalue weighted by atomic mass is 10.1. The predicted octanol–water partition coefficient (Wildman–Crippen LogP) is 4.93. The fraction of sp³-hybridized carbons (Fsp3) is 0.235. The van der Waals surface area contributed by atoms with Crippen LogP contribution in [0.4, 0.5) is 24.5 Å². The second-order valence-electron chi connectivity index (χ2n) is 5.32. The van der Waals surface area contributed by atoms with Gasteiger partial charge in [0.1, 0.15) is 0 Å². The van der Waals surface area contributed by atoms with Gasteiger partial charge in [-0.15, -0.1) is 0 Å². The summed E-state index contributed by atoms with van der Waals surface area (Å²) in [5, 5.41) is 0. The molecular weight excluding hydrogens is 291 g/mol. The Balaban J connectivity index is 2.58. The van der Waals surface area contributed by atoms with Gasteiger partial charge < -0.3 is 0 Å². The number of amides is 1. The lowest BCUT2D eigenvalue weighted by Crippen LogP contribution is -2.17. The molecule has 116 valence electrons. The normalized spacial score (nSPS) is 11.4. The standard InChI is InChI=1S/C17H16F3NO/c1-11-6-12(2)8-15(7-11)21(10-22)16-9-14(17(18,19)20)5-4-13(16)3/h4-10H,1-3H3. The van der Waals surface area contributed by atoms with Crippen molar-refractivity contribution in [2.24, 2.45) is 0 Å². The Kier molecular flexibility index (Phi) is 4.26. The van der Waals surface area contributed by atoms with Gasteiger partial charge in [-0.2, -0.15) is 13.2 Å². The summed E-state index contributed by atoms with van der Waals surface area (Å²) in [6.07, 6.45) is -3.91. The molecule has 0 saturated heterocycles. The lowest BCUT2D eigenvalue weighted by Gasteiger charge is -2.22. The van der Waals surface area contributed by atoms with Gasteiger partial charge in [0.15, 0.2) is 0 Å². The molecule has 0 heterocycles. The molecule has 0 saturated carbocycles. The van der Waals surface area contributed by atoms with Crippen LogP contribution in [0.5, 0.6) is 0 Å². The molecular formula is C17H16F3NO. The first-order chi connectivity index (χ1) is 10.2. The van der Waals surface area contributed by atoms with Crippen LogP contribution in [-0.4, -0.2) is 6.41 Å². The predicted molar refractivity (Wildman–Crippen MR) is 80.3 cm³/mol. The van der Waals surface area contributed by atoms with E-state index in [-0.39, 0.29) is 5.69 Å². The van der Waals surface area contributed by atoms with Crippen LogP contribution in [0.1, 0.15) is 22.3 Å². The number of benzene rings is 2. The van der Waals surface area contributed by atoms with E-state index in [1.165, 1.54) is 11.0 Å². The molecule has 0 unspecified atom stereocenters. The SMILES string of the molecule is Cc1cc(C)cc(N(C=O)c2cc(C(F)(F)F)ccc2C)c1. The summed E-state index contributed by atoms with van der Waals surface area (Å²) >= 11 is 0. The molecule has 0 aromatic heterocycles. The molecule has 22 heavy (non-hydrogen) atoms. The van der Waals surface area contributed by atoms with Crippen molar-refractivity contribution in [3.63, 3.8) is 0 Å². The number of aryl methyl sites for hydroxylation is 3. The molecule has 0 N–H and O–H groups in total. The number of anilines is 2. The Hall–Kier alpha value is -2.30. The molecule has 0 spiro atoms. The largest absolute Gasteiger partial charge is 0.416 e. The number of carbonyl (C=O) groups excluding carboxylic acids is 1. The highest BCUT2D eigenvalue weighted by molar-refractivity contribution is 5.88. The van der Waals surface area contributed by atoms with Gasteiger partial charge in [-0.05, 0) is 61.7 Å². The second kappa shape index (κ2) is 5.83. The van der Waals surface area contributed by atoms with E-state index in [2.05, 4.69) is 0 Å². The quantitative estimate of drug-likeness (QED) is 0.737. The van der Waals surface area contributed by atoms with Crippen LogP contribution in [0.15, 0.2) is 36.4 Å². The topological polar surface area (TPSA) is 20.3 Å². The molecule has 0 bridgehead atoms. The zero-order valence-corrected chi connectivity index (χ0v) is 12.5. The zero-order valence-electron chi connectivity index (χ0n) is 12.5. The summed E-state index contributed by atoms with van der Waals surface area (Å²) in [6, 6.07) is 8.86. The van der Waals surface area contributed by atoms with Crippen molar-refractivity contribution in [2.75, 3.05) is 4.90 Å². The Morgan fingerprint density at radius 2 is 1.55 bits per heavy atom. The highest BCUT2D eigenvalue weighted by Crippen LogP contribution is 2.35. The molecule has 2 rings (SSSR count). The maximum Gasteiger partial charge on any atom is 0.416 e. The fourth-order valence-corrected chi connectivity index (χ4v) is 2.39. The highest BCUT2D eigenvalue weighted by Gasteiger charge is 2.31. The summed E-state index contributed by atoms with van der Waals surface area (Å²) in [7, 11) is 0. The van der Waals surface area contributed by atoms with Crippen LogP contribution in [-0.2, 0) is 11.0 Å². The second-order valence-corrected chi connectivity index (χ2v) is 5.32. The molecule has 0 aliphatic carbocycles. The van der Waals surface area contributed by atoms with Gasteiger partial charge in [-0.25, -0.2) is 0 Å². The smallest absolute Gasteiger partial charge is 0.283 e. The molecule has 5 heteroatoms. The van der Waals surface area contributed by atoms with Gasteiger partial charge in [-0.3, -0.25) is 9.69 Å². The molecule has 0 radical (unpaired) electrons. The minimum atomic E-state index is -4.44. The van der Waals surface area contributed by atoms with Crippen LogP contribution < -0.4 is 4.90 Å². The zero-order chi connectivity index (χ0) is 16.5. The van der Waals surface area contributed by atoms with Gasteiger partial charge in [0.2, 0.25) is 6.41 Å². The molecule has 0 atom stereocenters. The maximum absolute atomic E-state index is 12.9. The average Bonchev–Trinajstić information content (AvgIpc) is 2.39. The van der Waals surface area contributed by atoms with Crippen molar-refractivity contribution in [1.29, 1.82) is 0 Å². The van der Waals surface area contributed by atoms with E-state index in [9.17, 15) is 18.0 Å². The average molecular weight is 307 g/mol. The van der Waals surface area contributed by atoms with Crippen LogP contribution in [0, 0.1) is 20.8 Å². The third-order valence-corrected chi connectivity index (χ3v) is 3.39. The van der Waals surface area contributed by atoms with Gasteiger partial charge in [0, 0.05) is 5.69 Å². The summed E-state index contributed by atoms with van der Waals surface area (Å²) in [5.41, 5.74) is 2.48. The first kappa shape index (κ1) is 16.1. The van der Waals surface area contributed by atoms with E-state index < -0.39 is 11.7 Å². The monoisotopic (exact) mass is 307 g/mol. The van der Waals surface area contributed by atoms with Gasteiger partial charge in [-0.1, -0.05) is 12.1 Å². The van der Waals surface area contributed by atoms with Crippen molar-refractivity contribution in [2.45, 2.75) is 26.9 Å². The molecule has 2 aromatic carbocycles. The third kappa shape index (κ3) is 3.30. The minimum Gasteiger partial charge on any atom is -0.283 e. The molecule has 0 aliphatic rings. The van der Waals surface area contributed by atoms with Crippen molar-refractivity contribution < 1.29 is 18.0 Å². The van der Waals surface area contributed by atoms with E-state index >= 15 is 0 Å². The van der Waals surface area contributed by atoms with Gasteiger partial charge >= 0.3 is 6.18 Å². The number of hydrogen-bond donors (Lipinski definition) is 0.